The minimum absolute atomic E-state index is 0.214. The van der Waals surface area contributed by atoms with Gasteiger partial charge in [0.2, 0.25) is 0 Å². The summed E-state index contributed by atoms with van der Waals surface area (Å²) in [6, 6.07) is 23.3. The first-order valence-electron chi connectivity index (χ1n) is 13.6. The zero-order chi connectivity index (χ0) is 27.6. The van der Waals surface area contributed by atoms with Gasteiger partial charge in [-0.05, 0) is 46.4 Å². The van der Waals surface area contributed by atoms with Gasteiger partial charge in [0.25, 0.3) is 5.91 Å². The Bertz CT molecular complexity index is 1240. The van der Waals surface area contributed by atoms with Gasteiger partial charge in [-0.2, -0.15) is 0 Å². The van der Waals surface area contributed by atoms with Crippen LogP contribution in [-0.4, -0.2) is 66.2 Å². The molecule has 0 spiro atoms. The summed E-state index contributed by atoms with van der Waals surface area (Å²) >= 11 is 0. The Morgan fingerprint density at radius 3 is 2.51 bits per heavy atom. The van der Waals surface area contributed by atoms with Crippen molar-refractivity contribution in [1.82, 2.24) is 9.80 Å². The molecule has 7 nitrogen and oxygen atoms in total. The zero-order valence-corrected chi connectivity index (χ0v) is 22.8. The summed E-state index contributed by atoms with van der Waals surface area (Å²) < 4.78 is 12.0. The number of hydrogen-bond acceptors (Lipinski definition) is 5. The van der Waals surface area contributed by atoms with Crippen molar-refractivity contribution in [2.75, 3.05) is 39.5 Å². The number of carbonyl (C=O) groups is 2. The SMILES string of the molecule is CC(C)CN1CCOCCOc2ccc(C(=O)N(CC(=O)O)Cc3ccccc3)cc2Cc2cccc(c2)C1. The van der Waals surface area contributed by atoms with Gasteiger partial charge in [-0.25, -0.2) is 0 Å². The molecule has 3 aromatic carbocycles. The molecule has 3 aromatic rings. The van der Waals surface area contributed by atoms with E-state index in [1.54, 1.807) is 6.07 Å². The van der Waals surface area contributed by atoms with Crippen LogP contribution >= 0.6 is 0 Å². The first kappa shape index (κ1) is 28.3. The number of ether oxygens (including phenoxy) is 2. The van der Waals surface area contributed by atoms with Gasteiger partial charge in [0, 0.05) is 38.2 Å². The third-order valence-corrected chi connectivity index (χ3v) is 6.59. The van der Waals surface area contributed by atoms with Gasteiger partial charge >= 0.3 is 5.97 Å². The second-order valence-corrected chi connectivity index (χ2v) is 10.4. The average molecular weight is 531 g/mol. The second-order valence-electron chi connectivity index (χ2n) is 10.4. The van der Waals surface area contributed by atoms with E-state index in [0.29, 0.717) is 43.5 Å². The van der Waals surface area contributed by atoms with Crippen LogP contribution in [0.1, 0.15) is 46.5 Å². The van der Waals surface area contributed by atoms with Gasteiger partial charge in [-0.3, -0.25) is 14.5 Å². The molecule has 1 amide bonds. The van der Waals surface area contributed by atoms with Gasteiger partial charge in [-0.1, -0.05) is 68.4 Å². The smallest absolute Gasteiger partial charge is 0.323 e. The fourth-order valence-electron chi connectivity index (χ4n) is 4.91. The number of amides is 1. The molecule has 1 heterocycles. The molecule has 206 valence electrons. The fourth-order valence-corrected chi connectivity index (χ4v) is 4.91. The molecule has 4 rings (SSSR count). The summed E-state index contributed by atoms with van der Waals surface area (Å²) in [4.78, 5) is 28.9. The number of hydrogen-bond donors (Lipinski definition) is 1. The predicted octanol–water partition coefficient (Wildman–Crippen LogP) is 4.87. The minimum atomic E-state index is -1.05. The number of rotatable bonds is 7. The van der Waals surface area contributed by atoms with Crippen LogP contribution in [0.5, 0.6) is 5.75 Å². The first-order chi connectivity index (χ1) is 18.9. The summed E-state index contributed by atoms with van der Waals surface area (Å²) in [7, 11) is 0. The van der Waals surface area contributed by atoms with Crippen molar-refractivity contribution in [3.63, 3.8) is 0 Å². The molecule has 0 unspecified atom stereocenters. The maximum absolute atomic E-state index is 13.5. The van der Waals surface area contributed by atoms with Crippen LogP contribution in [0, 0.1) is 5.92 Å². The zero-order valence-electron chi connectivity index (χ0n) is 22.8. The van der Waals surface area contributed by atoms with E-state index >= 15 is 0 Å². The van der Waals surface area contributed by atoms with Gasteiger partial charge < -0.3 is 19.5 Å². The summed E-state index contributed by atoms with van der Waals surface area (Å²) in [6.07, 6.45) is 0.590. The number of aliphatic carboxylic acids is 1. The van der Waals surface area contributed by atoms with Crippen LogP contribution in [-0.2, 0) is 29.0 Å². The second kappa shape index (κ2) is 13.9. The van der Waals surface area contributed by atoms with E-state index in [4.69, 9.17) is 9.47 Å². The van der Waals surface area contributed by atoms with Crippen molar-refractivity contribution in [1.29, 1.82) is 0 Å². The highest BCUT2D eigenvalue weighted by molar-refractivity contribution is 5.96. The Balaban J connectivity index is 1.62. The number of carboxylic acids is 1. The van der Waals surface area contributed by atoms with E-state index in [0.717, 1.165) is 36.3 Å². The fraction of sp³-hybridized carbons (Fsp3) is 0.375. The van der Waals surface area contributed by atoms with Crippen LogP contribution in [0.4, 0.5) is 0 Å². The molecular formula is C32H38N2O5. The van der Waals surface area contributed by atoms with E-state index in [2.05, 4.69) is 43.0 Å². The Morgan fingerprint density at radius 2 is 1.74 bits per heavy atom. The largest absolute Gasteiger partial charge is 0.491 e. The summed E-state index contributed by atoms with van der Waals surface area (Å²) in [5, 5.41) is 9.48. The molecule has 7 heteroatoms. The molecule has 39 heavy (non-hydrogen) atoms. The predicted molar refractivity (Wildman–Crippen MR) is 151 cm³/mol. The van der Waals surface area contributed by atoms with Gasteiger partial charge in [0.05, 0.1) is 13.2 Å². The highest BCUT2D eigenvalue weighted by Gasteiger charge is 2.21. The summed E-state index contributed by atoms with van der Waals surface area (Å²) in [5.41, 5.74) is 4.55. The molecule has 0 aromatic heterocycles. The summed E-state index contributed by atoms with van der Waals surface area (Å²) in [5.74, 6) is -0.123. The molecule has 0 atom stereocenters. The number of carboxylic acid groups (broad SMARTS) is 1. The number of carbonyl (C=O) groups excluding carboxylic acids is 1. The van der Waals surface area contributed by atoms with Gasteiger partial charge in [0.15, 0.2) is 0 Å². The van der Waals surface area contributed by atoms with Crippen molar-refractivity contribution in [2.24, 2.45) is 5.92 Å². The van der Waals surface area contributed by atoms with E-state index in [9.17, 15) is 14.7 Å². The van der Waals surface area contributed by atoms with Crippen LogP contribution in [0.25, 0.3) is 0 Å². The lowest BCUT2D eigenvalue weighted by molar-refractivity contribution is -0.137. The molecule has 1 N–H and O–H groups in total. The number of benzene rings is 3. The van der Waals surface area contributed by atoms with Crippen LogP contribution in [0.2, 0.25) is 0 Å². The van der Waals surface area contributed by atoms with E-state index in [1.165, 1.54) is 10.5 Å². The molecule has 1 aliphatic rings. The Labute approximate surface area is 231 Å². The van der Waals surface area contributed by atoms with Gasteiger partial charge in [0.1, 0.15) is 18.9 Å². The number of fused-ring (bicyclic) bond motifs is 3. The van der Waals surface area contributed by atoms with Crippen LogP contribution in [0.15, 0.2) is 72.8 Å². The number of nitrogens with zero attached hydrogens (tertiary/aromatic N) is 2. The van der Waals surface area contributed by atoms with E-state index in [1.807, 2.05) is 42.5 Å². The molecule has 0 radical (unpaired) electrons. The lowest BCUT2D eigenvalue weighted by Crippen LogP contribution is -2.35. The van der Waals surface area contributed by atoms with Gasteiger partial charge in [-0.15, -0.1) is 0 Å². The lowest BCUT2D eigenvalue weighted by Gasteiger charge is -2.25. The standard InChI is InChI=1S/C32H38N2O5/c1-24(2)20-33-13-14-38-15-16-39-30-12-11-28(19-29(30)18-26-9-6-10-27(17-26)21-33)32(37)34(23-31(35)36)22-25-7-4-3-5-8-25/h3-12,17,19,24H,13-16,18,20-23H2,1-2H3,(H,35,36). The Hall–Kier alpha value is -3.68. The molecule has 0 saturated heterocycles. The molecule has 1 aliphatic heterocycles. The minimum Gasteiger partial charge on any atom is -0.491 e. The Morgan fingerprint density at radius 1 is 0.949 bits per heavy atom. The Kier molecular flexibility index (Phi) is 10.1. The van der Waals surface area contributed by atoms with Crippen LogP contribution < -0.4 is 4.74 Å². The lowest BCUT2D eigenvalue weighted by atomic mass is 9.99. The third-order valence-electron chi connectivity index (χ3n) is 6.59. The molecular weight excluding hydrogens is 492 g/mol. The highest BCUT2D eigenvalue weighted by atomic mass is 16.5. The van der Waals surface area contributed by atoms with Crippen molar-refractivity contribution in [2.45, 2.75) is 33.4 Å². The average Bonchev–Trinajstić information content (AvgIpc) is 2.90. The van der Waals surface area contributed by atoms with Crippen molar-refractivity contribution in [3.05, 3.63) is 101 Å². The third kappa shape index (κ3) is 8.67. The van der Waals surface area contributed by atoms with Crippen molar-refractivity contribution in [3.8, 4) is 5.75 Å². The molecule has 2 bridgehead atoms. The van der Waals surface area contributed by atoms with E-state index in [-0.39, 0.29) is 19.0 Å². The maximum Gasteiger partial charge on any atom is 0.323 e. The first-order valence-corrected chi connectivity index (χ1v) is 13.6. The van der Waals surface area contributed by atoms with Crippen molar-refractivity contribution >= 4 is 11.9 Å². The quantitative estimate of drug-likeness (QED) is 0.470. The molecule has 0 saturated carbocycles. The molecule has 0 fully saturated rings. The van der Waals surface area contributed by atoms with Crippen LogP contribution in [0.3, 0.4) is 0 Å². The monoisotopic (exact) mass is 530 g/mol. The topological polar surface area (TPSA) is 79.3 Å². The highest BCUT2D eigenvalue weighted by Crippen LogP contribution is 2.26. The normalized spacial score (nSPS) is 14.6. The molecule has 0 aliphatic carbocycles. The summed E-state index contributed by atoms with van der Waals surface area (Å²) in [6.45, 7) is 8.51. The van der Waals surface area contributed by atoms with Crippen molar-refractivity contribution < 1.29 is 24.2 Å². The van der Waals surface area contributed by atoms with E-state index < -0.39 is 5.97 Å². The maximum atomic E-state index is 13.5.